The first-order valence-electron chi connectivity index (χ1n) is 6.17. The number of carboxylic acids is 1. The fourth-order valence-electron chi connectivity index (χ4n) is 2.07. The number of imidazole rings is 1. The number of carbonyl (C=O) groups is 1. The van der Waals surface area contributed by atoms with Crippen molar-refractivity contribution in [3.05, 3.63) is 32.0 Å². The van der Waals surface area contributed by atoms with E-state index in [0.29, 0.717) is 21.5 Å². The molecular weight excluding hydrogens is 351 g/mol. The molecule has 3 aromatic heterocycles. The van der Waals surface area contributed by atoms with Crippen LogP contribution in [0.15, 0.2) is 17.6 Å². The van der Waals surface area contributed by atoms with Crippen molar-refractivity contribution in [2.45, 2.75) is 19.3 Å². The maximum atomic E-state index is 10.6. The quantitative estimate of drug-likeness (QED) is 0.708. The maximum absolute atomic E-state index is 10.6. The first-order chi connectivity index (χ1) is 10.0. The minimum atomic E-state index is -0.771. The molecule has 3 aromatic rings. The predicted octanol–water partition coefficient (Wildman–Crippen LogP) is 4.84. The van der Waals surface area contributed by atoms with Crippen molar-refractivity contribution in [1.82, 2.24) is 9.38 Å². The summed E-state index contributed by atoms with van der Waals surface area (Å²) in [6, 6.07) is 1.81. The van der Waals surface area contributed by atoms with Crippen molar-refractivity contribution >= 4 is 56.8 Å². The van der Waals surface area contributed by atoms with Crippen LogP contribution < -0.4 is 0 Å². The normalized spacial score (nSPS) is 11.3. The molecular formula is C13H10Cl2N2O2S2. The molecule has 0 fully saturated rings. The average Bonchev–Trinajstić information content (AvgIpc) is 3.04. The van der Waals surface area contributed by atoms with Gasteiger partial charge in [-0.2, -0.15) is 0 Å². The zero-order valence-electron chi connectivity index (χ0n) is 10.7. The lowest BCUT2D eigenvalue weighted by atomic mass is 10.2. The number of thiazole rings is 1. The Bertz CT molecular complexity index is 806. The molecule has 4 nitrogen and oxygen atoms in total. The van der Waals surface area contributed by atoms with Gasteiger partial charge < -0.3 is 5.11 Å². The standard InChI is InChI=1S/C13H10Cl2N2O2S2/c14-10-4-8(12(15)21-10)9-5-17-7(2-1-3-11(18)19)6-20-13(17)16-9/h4-6H,1-3H2,(H,18,19). The molecule has 3 rings (SSSR count). The fourth-order valence-corrected chi connectivity index (χ4v) is 4.46. The minimum absolute atomic E-state index is 0.171. The van der Waals surface area contributed by atoms with Crippen LogP contribution in [0, 0.1) is 0 Å². The van der Waals surface area contributed by atoms with Gasteiger partial charge in [0.05, 0.1) is 10.0 Å². The van der Waals surface area contributed by atoms with E-state index >= 15 is 0 Å². The van der Waals surface area contributed by atoms with E-state index in [4.69, 9.17) is 28.3 Å². The zero-order chi connectivity index (χ0) is 15.0. The van der Waals surface area contributed by atoms with Gasteiger partial charge in [-0.05, 0) is 18.9 Å². The highest BCUT2D eigenvalue weighted by Crippen LogP contribution is 2.38. The molecule has 0 unspecified atom stereocenters. The van der Waals surface area contributed by atoms with Crippen LogP contribution in [-0.2, 0) is 11.2 Å². The second kappa shape index (κ2) is 5.96. The molecule has 0 bridgehead atoms. The number of hydrogen-bond donors (Lipinski definition) is 1. The topological polar surface area (TPSA) is 54.6 Å². The molecule has 0 atom stereocenters. The Hall–Kier alpha value is -1.08. The lowest BCUT2D eigenvalue weighted by molar-refractivity contribution is -0.137. The molecule has 0 saturated heterocycles. The third-order valence-corrected chi connectivity index (χ3v) is 5.42. The zero-order valence-corrected chi connectivity index (χ0v) is 13.8. The van der Waals surface area contributed by atoms with Crippen LogP contribution in [0.3, 0.4) is 0 Å². The van der Waals surface area contributed by atoms with E-state index in [-0.39, 0.29) is 6.42 Å². The summed E-state index contributed by atoms with van der Waals surface area (Å²) in [6.45, 7) is 0. The van der Waals surface area contributed by atoms with Gasteiger partial charge in [-0.25, -0.2) is 4.98 Å². The van der Waals surface area contributed by atoms with Gasteiger partial charge in [0, 0.05) is 29.3 Å². The van der Waals surface area contributed by atoms with Gasteiger partial charge in [0.1, 0.15) is 4.34 Å². The second-order valence-corrected chi connectivity index (χ2v) is 7.61. The molecule has 0 saturated carbocycles. The summed E-state index contributed by atoms with van der Waals surface area (Å²) in [6.07, 6.45) is 3.41. The number of thiophene rings is 1. The molecule has 0 aliphatic heterocycles. The molecule has 8 heteroatoms. The Morgan fingerprint density at radius 2 is 2.24 bits per heavy atom. The SMILES string of the molecule is O=C(O)CCCc1csc2nc(-c3cc(Cl)sc3Cl)cn12. The lowest BCUT2D eigenvalue weighted by Gasteiger charge is -1.97. The number of aryl methyl sites for hydroxylation is 1. The van der Waals surface area contributed by atoms with Crippen molar-refractivity contribution in [2.75, 3.05) is 0 Å². The Morgan fingerprint density at radius 3 is 2.90 bits per heavy atom. The number of aromatic nitrogens is 2. The molecule has 0 spiro atoms. The monoisotopic (exact) mass is 360 g/mol. The first kappa shape index (κ1) is 14.8. The Kier molecular flexibility index (Phi) is 4.21. The van der Waals surface area contributed by atoms with Gasteiger partial charge >= 0.3 is 5.97 Å². The van der Waals surface area contributed by atoms with E-state index in [1.54, 1.807) is 0 Å². The predicted molar refractivity (Wildman–Crippen MR) is 87.0 cm³/mol. The van der Waals surface area contributed by atoms with E-state index in [0.717, 1.165) is 21.9 Å². The number of rotatable bonds is 5. The van der Waals surface area contributed by atoms with E-state index in [1.807, 2.05) is 22.0 Å². The number of halogens is 2. The third kappa shape index (κ3) is 3.08. The van der Waals surface area contributed by atoms with Gasteiger partial charge in [-0.15, -0.1) is 22.7 Å². The van der Waals surface area contributed by atoms with Gasteiger partial charge in [0.25, 0.3) is 0 Å². The summed E-state index contributed by atoms with van der Waals surface area (Å²) in [5.41, 5.74) is 2.68. The Morgan fingerprint density at radius 1 is 1.43 bits per heavy atom. The summed E-state index contributed by atoms with van der Waals surface area (Å²) in [4.78, 5) is 16.0. The summed E-state index contributed by atoms with van der Waals surface area (Å²) in [7, 11) is 0. The van der Waals surface area contributed by atoms with Crippen molar-refractivity contribution in [3.8, 4) is 11.3 Å². The highest BCUT2D eigenvalue weighted by atomic mass is 35.5. The van der Waals surface area contributed by atoms with Crippen LogP contribution in [0.2, 0.25) is 8.67 Å². The van der Waals surface area contributed by atoms with Crippen LogP contribution >= 0.6 is 45.9 Å². The van der Waals surface area contributed by atoms with E-state index in [9.17, 15) is 4.79 Å². The average molecular weight is 361 g/mol. The van der Waals surface area contributed by atoms with E-state index in [2.05, 4.69) is 4.98 Å². The van der Waals surface area contributed by atoms with Crippen molar-refractivity contribution < 1.29 is 9.90 Å². The molecule has 21 heavy (non-hydrogen) atoms. The van der Waals surface area contributed by atoms with Gasteiger partial charge in [-0.1, -0.05) is 23.2 Å². The van der Waals surface area contributed by atoms with Crippen molar-refractivity contribution in [3.63, 3.8) is 0 Å². The molecule has 110 valence electrons. The molecule has 1 N–H and O–H groups in total. The molecule has 0 aliphatic rings. The third-order valence-electron chi connectivity index (χ3n) is 3.04. The van der Waals surface area contributed by atoms with Gasteiger partial charge in [0.15, 0.2) is 4.96 Å². The summed E-state index contributed by atoms with van der Waals surface area (Å²) >= 11 is 15.0. The number of nitrogens with zero attached hydrogens (tertiary/aromatic N) is 2. The summed E-state index contributed by atoms with van der Waals surface area (Å²) in [5, 5.41) is 10.7. The van der Waals surface area contributed by atoms with Crippen LogP contribution in [-0.4, -0.2) is 20.5 Å². The van der Waals surface area contributed by atoms with Crippen LogP contribution in [0.5, 0.6) is 0 Å². The number of fused-ring (bicyclic) bond motifs is 1. The largest absolute Gasteiger partial charge is 0.481 e. The molecule has 0 aliphatic carbocycles. The smallest absolute Gasteiger partial charge is 0.303 e. The molecule has 0 amide bonds. The van der Waals surface area contributed by atoms with Crippen LogP contribution in [0.1, 0.15) is 18.5 Å². The second-order valence-electron chi connectivity index (χ2n) is 4.49. The number of carboxylic acid groups (broad SMARTS) is 1. The van der Waals surface area contributed by atoms with Gasteiger partial charge in [0.2, 0.25) is 0 Å². The van der Waals surface area contributed by atoms with Gasteiger partial charge in [-0.3, -0.25) is 9.20 Å². The number of aliphatic carboxylic acids is 1. The highest BCUT2D eigenvalue weighted by molar-refractivity contribution is 7.20. The highest BCUT2D eigenvalue weighted by Gasteiger charge is 2.14. The fraction of sp³-hybridized carbons (Fsp3) is 0.231. The maximum Gasteiger partial charge on any atom is 0.303 e. The van der Waals surface area contributed by atoms with E-state index in [1.165, 1.54) is 22.7 Å². The molecule has 3 heterocycles. The molecule has 0 aromatic carbocycles. The van der Waals surface area contributed by atoms with E-state index < -0.39 is 5.97 Å². The number of hydrogen-bond acceptors (Lipinski definition) is 4. The van der Waals surface area contributed by atoms with Crippen molar-refractivity contribution in [2.24, 2.45) is 0 Å². The Balaban J connectivity index is 1.89. The van der Waals surface area contributed by atoms with Crippen molar-refractivity contribution in [1.29, 1.82) is 0 Å². The minimum Gasteiger partial charge on any atom is -0.481 e. The van der Waals surface area contributed by atoms with Crippen LogP contribution in [0.4, 0.5) is 0 Å². The lowest BCUT2D eigenvalue weighted by Crippen LogP contribution is -1.97. The molecule has 0 radical (unpaired) electrons. The first-order valence-corrected chi connectivity index (χ1v) is 8.62. The summed E-state index contributed by atoms with van der Waals surface area (Å²) in [5.74, 6) is -0.771. The Labute approximate surface area is 138 Å². The summed E-state index contributed by atoms with van der Waals surface area (Å²) < 4.78 is 3.25. The van der Waals surface area contributed by atoms with Crippen LogP contribution in [0.25, 0.3) is 16.2 Å².